The number of esters is 1. The number of aryl methyl sites for hydroxylation is 3. The first-order chi connectivity index (χ1) is 19.6. The number of hydrogen-bond donors (Lipinski definition) is 0. The minimum absolute atomic E-state index is 0.0366. The van der Waals surface area contributed by atoms with Gasteiger partial charge in [0.15, 0.2) is 10.6 Å². The van der Waals surface area contributed by atoms with Crippen molar-refractivity contribution in [1.29, 1.82) is 0 Å². The number of anilines is 1. The monoisotopic (exact) mass is 572 g/mol. The van der Waals surface area contributed by atoms with E-state index < -0.39 is 17.9 Å². The molecule has 0 spiro atoms. The standard InChI is InChI=1S/C32H32N2O6S/c1-7-12-39-31(37)29-20(6)33-32(41-29)34-26(21-9-8-10-22(16-21)38-13-11-17(2)3)25-27(35)23-14-18(4)19(5)15-24(23)40-28(25)30(34)36/h7-10,14-17,26H,1,11-13H2,2-6H3. The van der Waals surface area contributed by atoms with Crippen LogP contribution in [0.1, 0.15) is 74.5 Å². The summed E-state index contributed by atoms with van der Waals surface area (Å²) in [5.41, 5.74) is 3.27. The zero-order valence-corrected chi connectivity index (χ0v) is 24.6. The van der Waals surface area contributed by atoms with Gasteiger partial charge in [0.2, 0.25) is 5.76 Å². The summed E-state index contributed by atoms with van der Waals surface area (Å²) in [4.78, 5) is 47.0. The Morgan fingerprint density at radius 3 is 2.66 bits per heavy atom. The third kappa shape index (κ3) is 5.29. The smallest absolute Gasteiger partial charge is 0.350 e. The quantitative estimate of drug-likeness (QED) is 0.163. The van der Waals surface area contributed by atoms with Crippen molar-refractivity contribution in [3.63, 3.8) is 0 Å². The van der Waals surface area contributed by atoms with Crippen molar-refractivity contribution < 1.29 is 23.5 Å². The summed E-state index contributed by atoms with van der Waals surface area (Å²) in [5.74, 6) is 0.0140. The lowest BCUT2D eigenvalue weighted by Crippen LogP contribution is -2.29. The van der Waals surface area contributed by atoms with E-state index >= 15 is 0 Å². The minimum Gasteiger partial charge on any atom is -0.494 e. The predicted molar refractivity (Wildman–Crippen MR) is 159 cm³/mol. The number of fused-ring (bicyclic) bond motifs is 2. The Balaban J connectivity index is 1.67. The van der Waals surface area contributed by atoms with Gasteiger partial charge in [0, 0.05) is 0 Å². The maximum Gasteiger partial charge on any atom is 0.350 e. The van der Waals surface area contributed by atoms with Crippen molar-refractivity contribution in [1.82, 2.24) is 4.98 Å². The molecule has 2 aromatic carbocycles. The second-order valence-electron chi connectivity index (χ2n) is 10.6. The van der Waals surface area contributed by atoms with Crippen LogP contribution in [0.3, 0.4) is 0 Å². The number of amides is 1. The Kier molecular flexibility index (Phi) is 7.82. The maximum absolute atomic E-state index is 14.0. The van der Waals surface area contributed by atoms with Gasteiger partial charge in [-0.3, -0.25) is 14.5 Å². The molecule has 1 atom stereocenters. The second kappa shape index (κ2) is 11.3. The summed E-state index contributed by atoms with van der Waals surface area (Å²) >= 11 is 1.03. The largest absolute Gasteiger partial charge is 0.494 e. The van der Waals surface area contributed by atoms with Crippen molar-refractivity contribution in [3.8, 4) is 5.75 Å². The van der Waals surface area contributed by atoms with Crippen molar-refractivity contribution >= 4 is 39.3 Å². The molecule has 0 saturated carbocycles. The molecule has 0 aliphatic carbocycles. The summed E-state index contributed by atoms with van der Waals surface area (Å²) in [6.45, 7) is 14.0. The number of nitrogens with zero attached hydrogens (tertiary/aromatic N) is 2. The van der Waals surface area contributed by atoms with Gasteiger partial charge in [-0.05, 0) is 74.1 Å². The van der Waals surface area contributed by atoms with Gasteiger partial charge in [-0.25, -0.2) is 9.78 Å². The molecular weight excluding hydrogens is 540 g/mol. The number of thiazole rings is 1. The van der Waals surface area contributed by atoms with Gasteiger partial charge in [0.05, 0.1) is 29.3 Å². The lowest BCUT2D eigenvalue weighted by Gasteiger charge is -2.23. The van der Waals surface area contributed by atoms with Gasteiger partial charge in [-0.15, -0.1) is 0 Å². The molecule has 9 heteroatoms. The Bertz CT molecular complexity index is 1730. The third-order valence-corrected chi connectivity index (χ3v) is 8.27. The van der Waals surface area contributed by atoms with E-state index in [2.05, 4.69) is 25.4 Å². The highest BCUT2D eigenvalue weighted by atomic mass is 32.1. The fourth-order valence-corrected chi connectivity index (χ4v) is 5.79. The molecule has 212 valence electrons. The average molecular weight is 573 g/mol. The molecule has 0 saturated heterocycles. The Hall–Kier alpha value is -4.24. The fourth-order valence-electron chi connectivity index (χ4n) is 4.80. The summed E-state index contributed by atoms with van der Waals surface area (Å²) in [5, 5.41) is 0.663. The first kappa shape index (κ1) is 28.3. The van der Waals surface area contributed by atoms with Gasteiger partial charge in [0.25, 0.3) is 5.91 Å². The van der Waals surface area contributed by atoms with Crippen LogP contribution >= 0.6 is 11.3 Å². The van der Waals surface area contributed by atoms with Crippen LogP contribution in [0.5, 0.6) is 5.75 Å². The lowest BCUT2D eigenvalue weighted by molar-refractivity contribution is 0.0554. The van der Waals surface area contributed by atoms with Crippen LogP contribution in [0.15, 0.2) is 58.3 Å². The lowest BCUT2D eigenvalue weighted by atomic mass is 9.97. The molecule has 1 aliphatic heterocycles. The Labute approximate surface area is 242 Å². The van der Waals surface area contributed by atoms with Crippen molar-refractivity contribution in [2.45, 2.75) is 47.1 Å². The summed E-state index contributed by atoms with van der Waals surface area (Å²) < 4.78 is 17.4. The average Bonchev–Trinajstić information content (AvgIpc) is 3.45. The molecular formula is C32H32N2O6S. The first-order valence-corrected chi connectivity index (χ1v) is 14.3. The summed E-state index contributed by atoms with van der Waals surface area (Å²) in [6.07, 6.45) is 2.37. The molecule has 4 aromatic rings. The Morgan fingerprint density at radius 2 is 1.93 bits per heavy atom. The molecule has 3 heterocycles. The second-order valence-corrected chi connectivity index (χ2v) is 11.6. The topological polar surface area (TPSA) is 98.9 Å². The number of carbonyl (C=O) groups is 2. The number of carbonyl (C=O) groups excluding carboxylic acids is 2. The summed E-state index contributed by atoms with van der Waals surface area (Å²) in [7, 11) is 0. The van der Waals surface area contributed by atoms with Crippen molar-refractivity contribution in [2.24, 2.45) is 5.92 Å². The zero-order chi connectivity index (χ0) is 29.4. The molecule has 8 nitrogen and oxygen atoms in total. The van der Waals surface area contributed by atoms with Gasteiger partial charge >= 0.3 is 5.97 Å². The normalized spacial score (nSPS) is 14.5. The highest BCUT2D eigenvalue weighted by Gasteiger charge is 2.45. The van der Waals surface area contributed by atoms with Gasteiger partial charge in [-0.2, -0.15) is 0 Å². The van der Waals surface area contributed by atoms with E-state index in [9.17, 15) is 14.4 Å². The zero-order valence-electron chi connectivity index (χ0n) is 23.8. The van der Waals surface area contributed by atoms with E-state index in [0.717, 1.165) is 28.9 Å². The van der Waals surface area contributed by atoms with Crippen LogP contribution in [0, 0.1) is 26.7 Å². The number of aromatic nitrogens is 1. The molecule has 0 fully saturated rings. The van der Waals surface area contributed by atoms with Crippen LogP contribution < -0.4 is 15.1 Å². The van der Waals surface area contributed by atoms with E-state index in [1.807, 2.05) is 38.1 Å². The van der Waals surface area contributed by atoms with E-state index in [4.69, 9.17) is 13.9 Å². The minimum atomic E-state index is -0.837. The van der Waals surface area contributed by atoms with Crippen molar-refractivity contribution in [3.05, 3.63) is 97.9 Å². The van der Waals surface area contributed by atoms with Crippen molar-refractivity contribution in [2.75, 3.05) is 18.1 Å². The van der Waals surface area contributed by atoms with E-state index in [1.54, 1.807) is 19.1 Å². The van der Waals surface area contributed by atoms with Crippen LogP contribution in [0.25, 0.3) is 11.0 Å². The summed E-state index contributed by atoms with van der Waals surface area (Å²) in [6, 6.07) is 10.1. The van der Waals surface area contributed by atoms with E-state index in [-0.39, 0.29) is 33.4 Å². The number of benzene rings is 2. The molecule has 0 bridgehead atoms. The fraction of sp³-hybridized carbons (Fsp3) is 0.312. The molecule has 0 radical (unpaired) electrons. The van der Waals surface area contributed by atoms with Gasteiger partial charge < -0.3 is 13.9 Å². The number of rotatable bonds is 9. The van der Waals surface area contributed by atoms with Crippen LogP contribution in [-0.4, -0.2) is 30.1 Å². The molecule has 41 heavy (non-hydrogen) atoms. The first-order valence-electron chi connectivity index (χ1n) is 13.5. The number of hydrogen-bond acceptors (Lipinski definition) is 8. The van der Waals surface area contributed by atoms with Crippen LogP contribution in [0.4, 0.5) is 5.13 Å². The molecule has 5 rings (SSSR count). The molecule has 0 N–H and O–H groups in total. The van der Waals surface area contributed by atoms with Crippen LogP contribution in [0.2, 0.25) is 0 Å². The molecule has 1 amide bonds. The number of ether oxygens (including phenoxy) is 2. The highest BCUT2D eigenvalue weighted by molar-refractivity contribution is 7.17. The molecule has 2 aromatic heterocycles. The SMILES string of the molecule is C=CCOC(=O)c1sc(N2C(=O)c3oc4cc(C)c(C)cc4c(=O)c3C2c2cccc(OCCC(C)C)c2)nc1C. The molecule has 1 aliphatic rings. The highest BCUT2D eigenvalue weighted by Crippen LogP contribution is 2.44. The predicted octanol–water partition coefficient (Wildman–Crippen LogP) is 6.69. The maximum atomic E-state index is 14.0. The molecule has 1 unspecified atom stereocenters. The van der Waals surface area contributed by atoms with Gasteiger partial charge in [-0.1, -0.05) is 50.0 Å². The van der Waals surface area contributed by atoms with Crippen LogP contribution in [-0.2, 0) is 4.74 Å². The van der Waals surface area contributed by atoms with E-state index in [1.165, 1.54) is 11.0 Å². The van der Waals surface area contributed by atoms with E-state index in [0.29, 0.717) is 40.5 Å². The third-order valence-electron chi connectivity index (χ3n) is 7.13. The van der Waals surface area contributed by atoms with Gasteiger partial charge in [0.1, 0.15) is 22.8 Å². The Morgan fingerprint density at radius 1 is 1.17 bits per heavy atom.